The molecule has 2 heterocycles. The number of thioether (sulfide) groups is 1. The third-order valence-corrected chi connectivity index (χ3v) is 4.10. The normalized spacial score (nSPS) is 15.0. The van der Waals surface area contributed by atoms with E-state index in [9.17, 15) is 0 Å². The van der Waals surface area contributed by atoms with Crippen LogP contribution in [-0.4, -0.2) is 53.1 Å². The lowest BCUT2D eigenvalue weighted by atomic mass is 10.1. The number of piperidine rings is 1. The summed E-state index contributed by atoms with van der Waals surface area (Å²) in [5, 5.41) is 6.51. The molecule has 2 rings (SSSR count). The van der Waals surface area contributed by atoms with E-state index in [2.05, 4.69) is 43.7 Å². The Kier molecular flexibility index (Phi) is 6.85. The highest BCUT2D eigenvalue weighted by Gasteiger charge is 2.15. The second kappa shape index (κ2) is 8.92. The van der Waals surface area contributed by atoms with Crippen molar-refractivity contribution in [1.29, 1.82) is 0 Å². The fourth-order valence-corrected chi connectivity index (χ4v) is 2.77. The van der Waals surface area contributed by atoms with Crippen LogP contribution in [0.1, 0.15) is 32.6 Å². The van der Waals surface area contributed by atoms with Crippen LogP contribution in [0.4, 0.5) is 17.8 Å². The van der Waals surface area contributed by atoms with Crippen molar-refractivity contribution in [2.75, 3.05) is 53.7 Å². The maximum Gasteiger partial charge on any atom is 0.231 e. The van der Waals surface area contributed by atoms with Gasteiger partial charge in [0.1, 0.15) is 0 Å². The van der Waals surface area contributed by atoms with Crippen molar-refractivity contribution in [3.05, 3.63) is 0 Å². The molecule has 0 spiro atoms. The highest BCUT2D eigenvalue weighted by atomic mass is 32.2. The van der Waals surface area contributed by atoms with Crippen molar-refractivity contribution in [2.45, 2.75) is 32.6 Å². The molecule has 0 bridgehead atoms. The zero-order chi connectivity index (χ0) is 14.9. The van der Waals surface area contributed by atoms with Crippen LogP contribution in [-0.2, 0) is 0 Å². The standard InChI is InChI=1S/C14H26N6S/c1-3-15-12-17-13(16-8-7-11-21-2)19-14(18-12)20-9-5-4-6-10-20/h3-11H2,1-2H3,(H2,15,16,17,18,19). The molecular weight excluding hydrogens is 284 g/mol. The third-order valence-electron chi connectivity index (χ3n) is 3.41. The molecule has 1 aromatic rings. The minimum absolute atomic E-state index is 0.667. The van der Waals surface area contributed by atoms with Gasteiger partial charge in [-0.3, -0.25) is 0 Å². The van der Waals surface area contributed by atoms with E-state index < -0.39 is 0 Å². The number of nitrogens with zero attached hydrogens (tertiary/aromatic N) is 4. The van der Waals surface area contributed by atoms with Gasteiger partial charge < -0.3 is 15.5 Å². The number of hydrogen-bond acceptors (Lipinski definition) is 7. The molecule has 1 saturated heterocycles. The summed E-state index contributed by atoms with van der Waals surface area (Å²) in [4.78, 5) is 15.8. The zero-order valence-electron chi connectivity index (χ0n) is 13.1. The Hall–Kier alpha value is -1.24. The summed E-state index contributed by atoms with van der Waals surface area (Å²) in [5.41, 5.74) is 0. The molecule has 0 unspecified atom stereocenters. The van der Waals surface area contributed by atoms with Crippen LogP contribution in [0.3, 0.4) is 0 Å². The monoisotopic (exact) mass is 310 g/mol. The summed E-state index contributed by atoms with van der Waals surface area (Å²) in [6.07, 6.45) is 6.99. The number of hydrogen-bond donors (Lipinski definition) is 2. The van der Waals surface area contributed by atoms with E-state index in [4.69, 9.17) is 0 Å². The lowest BCUT2D eigenvalue weighted by Crippen LogP contribution is -2.31. The maximum atomic E-state index is 4.58. The summed E-state index contributed by atoms with van der Waals surface area (Å²) in [6.45, 7) is 5.85. The lowest BCUT2D eigenvalue weighted by molar-refractivity contribution is 0.568. The Bertz CT molecular complexity index is 422. The van der Waals surface area contributed by atoms with Crippen molar-refractivity contribution in [3.8, 4) is 0 Å². The quantitative estimate of drug-likeness (QED) is 0.715. The van der Waals surface area contributed by atoms with Crippen molar-refractivity contribution >= 4 is 29.6 Å². The molecule has 0 amide bonds. The van der Waals surface area contributed by atoms with E-state index in [1.165, 1.54) is 19.3 Å². The maximum absolute atomic E-state index is 4.58. The topological polar surface area (TPSA) is 66.0 Å². The molecule has 0 saturated carbocycles. The van der Waals surface area contributed by atoms with E-state index in [1.54, 1.807) is 0 Å². The SMILES string of the molecule is CCNc1nc(NCCCSC)nc(N2CCCCC2)n1. The van der Waals surface area contributed by atoms with Crippen LogP contribution in [0.5, 0.6) is 0 Å². The van der Waals surface area contributed by atoms with E-state index in [1.807, 2.05) is 11.8 Å². The van der Waals surface area contributed by atoms with Crippen LogP contribution in [0, 0.1) is 0 Å². The largest absolute Gasteiger partial charge is 0.354 e. The summed E-state index contributed by atoms with van der Waals surface area (Å²) in [6, 6.07) is 0. The molecule has 6 nitrogen and oxygen atoms in total. The van der Waals surface area contributed by atoms with Gasteiger partial charge in [0, 0.05) is 26.2 Å². The van der Waals surface area contributed by atoms with Crippen LogP contribution >= 0.6 is 11.8 Å². The van der Waals surface area contributed by atoms with Gasteiger partial charge in [0.05, 0.1) is 0 Å². The summed E-state index contributed by atoms with van der Waals surface area (Å²) >= 11 is 1.86. The van der Waals surface area contributed by atoms with Gasteiger partial charge in [-0.1, -0.05) is 0 Å². The molecular formula is C14H26N6S. The zero-order valence-corrected chi connectivity index (χ0v) is 13.9. The second-order valence-electron chi connectivity index (χ2n) is 5.13. The Morgan fingerprint density at radius 2 is 1.76 bits per heavy atom. The molecule has 1 fully saturated rings. The van der Waals surface area contributed by atoms with Gasteiger partial charge in [0.2, 0.25) is 17.8 Å². The van der Waals surface area contributed by atoms with Gasteiger partial charge in [-0.25, -0.2) is 0 Å². The molecule has 0 aromatic carbocycles. The number of nitrogens with one attached hydrogen (secondary N) is 2. The Balaban J connectivity index is 2.05. The minimum atomic E-state index is 0.667. The van der Waals surface area contributed by atoms with Gasteiger partial charge in [-0.05, 0) is 44.6 Å². The van der Waals surface area contributed by atoms with E-state index in [0.29, 0.717) is 11.9 Å². The van der Waals surface area contributed by atoms with Gasteiger partial charge >= 0.3 is 0 Å². The van der Waals surface area contributed by atoms with Crippen LogP contribution < -0.4 is 15.5 Å². The Labute approximate surface area is 131 Å². The van der Waals surface area contributed by atoms with Crippen molar-refractivity contribution in [1.82, 2.24) is 15.0 Å². The highest BCUT2D eigenvalue weighted by molar-refractivity contribution is 7.98. The fraction of sp³-hybridized carbons (Fsp3) is 0.786. The molecule has 1 aliphatic rings. The van der Waals surface area contributed by atoms with Gasteiger partial charge in [0.15, 0.2) is 0 Å². The second-order valence-corrected chi connectivity index (χ2v) is 6.12. The van der Waals surface area contributed by atoms with Crippen molar-refractivity contribution in [3.63, 3.8) is 0 Å². The summed E-state index contributed by atoms with van der Waals surface area (Å²) in [7, 11) is 0. The average Bonchev–Trinajstić information content (AvgIpc) is 2.53. The first-order chi connectivity index (χ1) is 10.3. The molecule has 7 heteroatoms. The first-order valence-corrected chi connectivity index (χ1v) is 9.20. The Morgan fingerprint density at radius 1 is 1.05 bits per heavy atom. The number of aromatic nitrogens is 3. The van der Waals surface area contributed by atoms with E-state index >= 15 is 0 Å². The molecule has 0 atom stereocenters. The lowest BCUT2D eigenvalue weighted by Gasteiger charge is -2.27. The highest BCUT2D eigenvalue weighted by Crippen LogP contribution is 2.18. The molecule has 1 aromatic heterocycles. The Morgan fingerprint density at radius 3 is 2.43 bits per heavy atom. The number of anilines is 3. The van der Waals surface area contributed by atoms with Gasteiger partial charge in [0.25, 0.3) is 0 Å². The molecule has 0 radical (unpaired) electrons. The third kappa shape index (κ3) is 5.22. The summed E-state index contributed by atoms with van der Waals surface area (Å²) in [5.74, 6) is 3.30. The van der Waals surface area contributed by atoms with Crippen LogP contribution in [0.15, 0.2) is 0 Å². The van der Waals surface area contributed by atoms with Gasteiger partial charge in [-0.15, -0.1) is 0 Å². The first-order valence-electron chi connectivity index (χ1n) is 7.81. The molecule has 21 heavy (non-hydrogen) atoms. The predicted molar refractivity (Wildman–Crippen MR) is 91.5 cm³/mol. The number of rotatable bonds is 8. The minimum Gasteiger partial charge on any atom is -0.354 e. The molecule has 0 aliphatic carbocycles. The van der Waals surface area contributed by atoms with Crippen LogP contribution in [0.25, 0.3) is 0 Å². The molecule has 118 valence electrons. The first kappa shape index (κ1) is 16.1. The van der Waals surface area contributed by atoms with E-state index in [0.717, 1.165) is 44.3 Å². The predicted octanol–water partition coefficient (Wildman–Crippen LogP) is 2.46. The summed E-state index contributed by atoms with van der Waals surface area (Å²) < 4.78 is 0. The smallest absolute Gasteiger partial charge is 0.231 e. The molecule has 1 aliphatic heterocycles. The van der Waals surface area contributed by atoms with Crippen molar-refractivity contribution in [2.24, 2.45) is 0 Å². The van der Waals surface area contributed by atoms with E-state index in [-0.39, 0.29) is 0 Å². The average molecular weight is 310 g/mol. The van der Waals surface area contributed by atoms with Gasteiger partial charge in [-0.2, -0.15) is 26.7 Å². The van der Waals surface area contributed by atoms with Crippen molar-refractivity contribution < 1.29 is 0 Å². The molecule has 2 N–H and O–H groups in total. The van der Waals surface area contributed by atoms with Crippen LogP contribution in [0.2, 0.25) is 0 Å². The fourth-order valence-electron chi connectivity index (χ4n) is 2.33.